The van der Waals surface area contributed by atoms with Gasteiger partial charge in [-0.1, -0.05) is 25.4 Å². The SMILES string of the molecule is CC.Cc1coc2c(NCc3ccncc3)cc(Cl)nc12. The third-order valence-electron chi connectivity index (χ3n) is 2.90. The number of halogens is 1. The molecule has 4 nitrogen and oxygen atoms in total. The van der Waals surface area contributed by atoms with Gasteiger partial charge in [0.25, 0.3) is 0 Å². The quantitative estimate of drug-likeness (QED) is 0.705. The van der Waals surface area contributed by atoms with Crippen molar-refractivity contribution in [1.82, 2.24) is 9.97 Å². The lowest BCUT2D eigenvalue weighted by molar-refractivity contribution is 0.613. The van der Waals surface area contributed by atoms with Gasteiger partial charge in [0, 0.05) is 30.6 Å². The molecular weight excluding hydrogens is 286 g/mol. The van der Waals surface area contributed by atoms with Crippen molar-refractivity contribution in [1.29, 1.82) is 0 Å². The summed E-state index contributed by atoms with van der Waals surface area (Å²) < 4.78 is 5.53. The molecule has 0 aliphatic heterocycles. The average molecular weight is 304 g/mol. The first-order valence-corrected chi connectivity index (χ1v) is 7.29. The average Bonchev–Trinajstić information content (AvgIpc) is 2.89. The van der Waals surface area contributed by atoms with Crippen LogP contribution in [-0.2, 0) is 6.54 Å². The van der Waals surface area contributed by atoms with Crippen molar-refractivity contribution in [2.24, 2.45) is 0 Å². The Bertz CT molecular complexity index is 710. The molecular formula is C16H18ClN3O. The first-order chi connectivity index (χ1) is 10.2. The van der Waals surface area contributed by atoms with Crippen molar-refractivity contribution in [3.63, 3.8) is 0 Å². The van der Waals surface area contributed by atoms with Gasteiger partial charge >= 0.3 is 0 Å². The van der Waals surface area contributed by atoms with Gasteiger partial charge in [-0.05, 0) is 24.6 Å². The van der Waals surface area contributed by atoms with Gasteiger partial charge in [-0.25, -0.2) is 4.98 Å². The topological polar surface area (TPSA) is 51.0 Å². The van der Waals surface area contributed by atoms with Gasteiger partial charge < -0.3 is 9.73 Å². The number of nitrogens with zero attached hydrogens (tertiary/aromatic N) is 2. The van der Waals surface area contributed by atoms with Crippen LogP contribution in [-0.4, -0.2) is 9.97 Å². The highest BCUT2D eigenvalue weighted by Crippen LogP contribution is 2.29. The molecule has 0 aliphatic rings. The number of hydrogen-bond acceptors (Lipinski definition) is 4. The van der Waals surface area contributed by atoms with Crippen LogP contribution in [0.2, 0.25) is 5.15 Å². The van der Waals surface area contributed by atoms with Crippen LogP contribution in [0.15, 0.2) is 41.3 Å². The third-order valence-corrected chi connectivity index (χ3v) is 3.09. The predicted octanol–water partition coefficient (Wildman–Crippen LogP) is 4.82. The predicted molar refractivity (Wildman–Crippen MR) is 86.7 cm³/mol. The molecule has 110 valence electrons. The number of nitrogens with one attached hydrogen (secondary N) is 1. The van der Waals surface area contributed by atoms with Crippen LogP contribution in [0.4, 0.5) is 5.69 Å². The van der Waals surface area contributed by atoms with Gasteiger partial charge in [-0.2, -0.15) is 0 Å². The molecule has 1 N–H and O–H groups in total. The first-order valence-electron chi connectivity index (χ1n) is 6.91. The molecule has 0 aromatic carbocycles. The second-order valence-corrected chi connectivity index (χ2v) is 4.69. The van der Waals surface area contributed by atoms with Gasteiger partial charge in [0.2, 0.25) is 0 Å². The highest BCUT2D eigenvalue weighted by Gasteiger charge is 2.10. The van der Waals surface area contributed by atoms with E-state index in [1.807, 2.05) is 32.9 Å². The van der Waals surface area contributed by atoms with Crippen molar-refractivity contribution in [3.8, 4) is 0 Å². The molecule has 3 aromatic heterocycles. The molecule has 0 spiro atoms. The summed E-state index contributed by atoms with van der Waals surface area (Å²) in [5.74, 6) is 0. The van der Waals surface area contributed by atoms with E-state index in [-0.39, 0.29) is 0 Å². The lowest BCUT2D eigenvalue weighted by Crippen LogP contribution is -2.00. The summed E-state index contributed by atoms with van der Waals surface area (Å²) in [6.07, 6.45) is 5.22. The minimum Gasteiger partial charge on any atom is -0.460 e. The fraction of sp³-hybridized carbons (Fsp3) is 0.250. The summed E-state index contributed by atoms with van der Waals surface area (Å²) in [5, 5.41) is 3.77. The molecule has 0 atom stereocenters. The van der Waals surface area contributed by atoms with Gasteiger partial charge in [0.1, 0.15) is 10.7 Å². The number of pyridine rings is 2. The standard InChI is InChI=1S/C14H12ClN3O.C2H6/c1-9-8-19-14-11(6-12(15)18-13(9)14)17-7-10-2-4-16-5-3-10;1-2/h2-6,8H,7H2,1H3,(H,17,18);1-2H3. The molecule has 0 fully saturated rings. The molecule has 21 heavy (non-hydrogen) atoms. The molecule has 0 amide bonds. The number of aryl methyl sites for hydroxylation is 1. The van der Waals surface area contributed by atoms with Crippen LogP contribution in [0.1, 0.15) is 25.0 Å². The minimum atomic E-state index is 0.453. The maximum atomic E-state index is 6.03. The van der Waals surface area contributed by atoms with Crippen molar-refractivity contribution in [2.45, 2.75) is 27.3 Å². The van der Waals surface area contributed by atoms with E-state index in [0.717, 1.165) is 27.9 Å². The van der Waals surface area contributed by atoms with Gasteiger partial charge in [-0.3, -0.25) is 4.98 Å². The summed E-state index contributed by atoms with van der Waals surface area (Å²) in [6, 6.07) is 5.69. The minimum absolute atomic E-state index is 0.453. The Balaban J connectivity index is 0.000000774. The van der Waals surface area contributed by atoms with Gasteiger partial charge in [-0.15, -0.1) is 0 Å². The van der Waals surface area contributed by atoms with E-state index < -0.39 is 0 Å². The second-order valence-electron chi connectivity index (χ2n) is 4.30. The van der Waals surface area contributed by atoms with Crippen LogP contribution < -0.4 is 5.32 Å². The van der Waals surface area contributed by atoms with Crippen LogP contribution in [0.3, 0.4) is 0 Å². The number of furan rings is 1. The molecule has 0 radical (unpaired) electrons. The Morgan fingerprint density at radius 3 is 2.67 bits per heavy atom. The zero-order valence-electron chi connectivity index (χ0n) is 12.4. The monoisotopic (exact) mass is 303 g/mol. The summed E-state index contributed by atoms with van der Waals surface area (Å²) in [7, 11) is 0. The van der Waals surface area contributed by atoms with Crippen molar-refractivity contribution >= 4 is 28.4 Å². The Morgan fingerprint density at radius 1 is 1.24 bits per heavy atom. The number of hydrogen-bond donors (Lipinski definition) is 1. The first kappa shape index (κ1) is 15.3. The molecule has 3 aromatic rings. The number of aromatic nitrogens is 2. The summed E-state index contributed by atoms with van der Waals surface area (Å²) in [4.78, 5) is 8.26. The smallest absolute Gasteiger partial charge is 0.175 e. The lowest BCUT2D eigenvalue weighted by atomic mass is 10.2. The van der Waals surface area contributed by atoms with Crippen molar-refractivity contribution < 1.29 is 4.42 Å². The highest BCUT2D eigenvalue weighted by molar-refractivity contribution is 6.30. The highest BCUT2D eigenvalue weighted by atomic mass is 35.5. The van der Waals surface area contributed by atoms with Crippen LogP contribution in [0.25, 0.3) is 11.1 Å². The largest absolute Gasteiger partial charge is 0.460 e. The molecule has 0 saturated carbocycles. The van der Waals surface area contributed by atoms with Crippen molar-refractivity contribution in [2.75, 3.05) is 5.32 Å². The fourth-order valence-electron chi connectivity index (χ4n) is 1.92. The fourth-order valence-corrected chi connectivity index (χ4v) is 2.11. The van der Waals surface area contributed by atoms with E-state index in [2.05, 4.69) is 15.3 Å². The summed E-state index contributed by atoms with van der Waals surface area (Å²) >= 11 is 6.03. The van der Waals surface area contributed by atoms with E-state index in [4.69, 9.17) is 16.0 Å². The Hall–Kier alpha value is -2.07. The van der Waals surface area contributed by atoms with Crippen molar-refractivity contribution in [3.05, 3.63) is 53.1 Å². The Labute approximate surface area is 129 Å². The maximum Gasteiger partial charge on any atom is 0.175 e. The summed E-state index contributed by atoms with van der Waals surface area (Å²) in [5.41, 5.74) is 4.49. The third kappa shape index (κ3) is 3.52. The molecule has 3 rings (SSSR count). The maximum absolute atomic E-state index is 6.03. The Morgan fingerprint density at radius 2 is 1.95 bits per heavy atom. The molecule has 0 unspecified atom stereocenters. The van der Waals surface area contributed by atoms with E-state index in [1.54, 1.807) is 24.7 Å². The second kappa shape index (κ2) is 7.09. The Kier molecular flexibility index (Phi) is 5.17. The normalized spacial score (nSPS) is 10.1. The molecule has 3 heterocycles. The van der Waals surface area contributed by atoms with Gasteiger partial charge in [0.15, 0.2) is 5.58 Å². The number of rotatable bonds is 3. The molecule has 5 heteroatoms. The zero-order chi connectivity index (χ0) is 15.2. The van der Waals surface area contributed by atoms with E-state index >= 15 is 0 Å². The van der Waals surface area contributed by atoms with Crippen LogP contribution in [0.5, 0.6) is 0 Å². The molecule has 0 saturated heterocycles. The van der Waals surface area contributed by atoms with Crippen LogP contribution in [0, 0.1) is 6.92 Å². The molecule has 0 bridgehead atoms. The van der Waals surface area contributed by atoms with Gasteiger partial charge in [0.05, 0.1) is 12.0 Å². The van der Waals surface area contributed by atoms with E-state index in [9.17, 15) is 0 Å². The van der Waals surface area contributed by atoms with E-state index in [0.29, 0.717) is 11.7 Å². The number of anilines is 1. The zero-order valence-corrected chi connectivity index (χ0v) is 13.1. The molecule has 0 aliphatic carbocycles. The lowest BCUT2D eigenvalue weighted by Gasteiger charge is -2.07. The van der Waals surface area contributed by atoms with E-state index in [1.165, 1.54) is 0 Å². The summed E-state index contributed by atoms with van der Waals surface area (Å²) in [6.45, 7) is 6.62. The number of fused-ring (bicyclic) bond motifs is 1. The van der Waals surface area contributed by atoms with Crippen LogP contribution >= 0.6 is 11.6 Å².